The zero-order valence-electron chi connectivity index (χ0n) is 9.74. The third-order valence-corrected chi connectivity index (χ3v) is 3.48. The minimum absolute atomic E-state index is 0.0758. The first-order valence-electron chi connectivity index (χ1n) is 5.74. The number of thiophene rings is 1. The Morgan fingerprint density at radius 1 is 1.62 bits per heavy atom. The molecule has 0 saturated carbocycles. The Labute approximate surface area is 101 Å². The summed E-state index contributed by atoms with van der Waals surface area (Å²) in [6.45, 7) is 3.34. The molecular formula is C12H20N2OS. The van der Waals surface area contributed by atoms with Crippen molar-refractivity contribution in [3.63, 3.8) is 0 Å². The number of carbonyl (C=O) groups is 1. The Morgan fingerprint density at radius 2 is 2.44 bits per heavy atom. The summed E-state index contributed by atoms with van der Waals surface area (Å²) in [7, 11) is 0. The van der Waals surface area contributed by atoms with Gasteiger partial charge in [-0.1, -0.05) is 13.0 Å². The maximum atomic E-state index is 11.6. The summed E-state index contributed by atoms with van der Waals surface area (Å²) in [5, 5.41) is 5.01. The van der Waals surface area contributed by atoms with Gasteiger partial charge in [0.25, 0.3) is 0 Å². The minimum atomic E-state index is 0.0758. The van der Waals surface area contributed by atoms with Gasteiger partial charge in [-0.15, -0.1) is 11.3 Å². The van der Waals surface area contributed by atoms with Crippen LogP contribution in [0.25, 0.3) is 0 Å². The van der Waals surface area contributed by atoms with Crippen LogP contribution in [0.15, 0.2) is 17.5 Å². The van der Waals surface area contributed by atoms with Crippen molar-refractivity contribution >= 4 is 17.2 Å². The quantitative estimate of drug-likeness (QED) is 0.763. The predicted octanol–water partition coefficient (Wildman–Crippen LogP) is 1.78. The number of nitrogens with two attached hydrogens (primary N) is 1. The maximum absolute atomic E-state index is 11.6. The molecule has 0 aliphatic carbocycles. The molecule has 0 aromatic carbocycles. The monoisotopic (exact) mass is 240 g/mol. The molecule has 1 unspecified atom stereocenters. The standard InChI is InChI=1S/C12H20N2OS/c1-10(4-2-7-13)12(15)14-8-6-11-5-3-9-16-11/h3,5,9-10H,2,4,6-8,13H2,1H3,(H,14,15). The number of amides is 1. The van der Waals surface area contributed by atoms with E-state index in [0.717, 1.165) is 25.8 Å². The molecule has 4 heteroatoms. The second-order valence-corrected chi connectivity index (χ2v) is 4.98. The van der Waals surface area contributed by atoms with Gasteiger partial charge in [0.2, 0.25) is 5.91 Å². The topological polar surface area (TPSA) is 55.1 Å². The van der Waals surface area contributed by atoms with E-state index in [2.05, 4.69) is 16.8 Å². The van der Waals surface area contributed by atoms with Gasteiger partial charge in [0.1, 0.15) is 0 Å². The smallest absolute Gasteiger partial charge is 0.222 e. The lowest BCUT2D eigenvalue weighted by atomic mass is 10.1. The number of nitrogens with one attached hydrogen (secondary N) is 1. The van der Waals surface area contributed by atoms with Crippen molar-refractivity contribution in [2.75, 3.05) is 13.1 Å². The summed E-state index contributed by atoms with van der Waals surface area (Å²) in [5.41, 5.74) is 5.41. The number of rotatable bonds is 7. The summed E-state index contributed by atoms with van der Waals surface area (Å²) < 4.78 is 0. The third-order valence-electron chi connectivity index (χ3n) is 2.54. The molecule has 1 heterocycles. The molecule has 0 aliphatic rings. The largest absolute Gasteiger partial charge is 0.356 e. The summed E-state index contributed by atoms with van der Waals surface area (Å²) in [6, 6.07) is 4.13. The minimum Gasteiger partial charge on any atom is -0.356 e. The van der Waals surface area contributed by atoms with Gasteiger partial charge in [0.05, 0.1) is 0 Å². The van der Waals surface area contributed by atoms with Crippen LogP contribution in [0, 0.1) is 5.92 Å². The fourth-order valence-corrected chi connectivity index (χ4v) is 2.20. The molecule has 0 radical (unpaired) electrons. The normalized spacial score (nSPS) is 12.4. The van der Waals surface area contributed by atoms with Crippen LogP contribution < -0.4 is 11.1 Å². The van der Waals surface area contributed by atoms with Crippen molar-refractivity contribution in [3.05, 3.63) is 22.4 Å². The highest BCUT2D eigenvalue weighted by Gasteiger charge is 2.11. The van der Waals surface area contributed by atoms with Crippen molar-refractivity contribution in [2.24, 2.45) is 11.7 Å². The molecule has 3 N–H and O–H groups in total. The zero-order valence-corrected chi connectivity index (χ0v) is 10.6. The third kappa shape index (κ3) is 4.77. The first-order valence-corrected chi connectivity index (χ1v) is 6.62. The van der Waals surface area contributed by atoms with Gasteiger partial charge in [-0.2, -0.15) is 0 Å². The first-order chi connectivity index (χ1) is 7.74. The molecule has 3 nitrogen and oxygen atoms in total. The van der Waals surface area contributed by atoms with E-state index in [1.54, 1.807) is 11.3 Å². The average Bonchev–Trinajstić information content (AvgIpc) is 2.78. The van der Waals surface area contributed by atoms with Gasteiger partial charge in [-0.25, -0.2) is 0 Å². The molecule has 1 aromatic rings. The number of carbonyl (C=O) groups excluding carboxylic acids is 1. The van der Waals surface area contributed by atoms with E-state index in [0.29, 0.717) is 6.54 Å². The highest BCUT2D eigenvalue weighted by atomic mass is 32.1. The molecule has 1 atom stereocenters. The Morgan fingerprint density at radius 3 is 3.06 bits per heavy atom. The lowest BCUT2D eigenvalue weighted by molar-refractivity contribution is -0.124. The molecular weight excluding hydrogens is 220 g/mol. The van der Waals surface area contributed by atoms with Gasteiger partial charge in [-0.3, -0.25) is 4.79 Å². The van der Waals surface area contributed by atoms with Gasteiger partial charge in [-0.05, 0) is 37.3 Å². The fraction of sp³-hybridized carbons (Fsp3) is 0.583. The molecule has 0 saturated heterocycles. The predicted molar refractivity (Wildman–Crippen MR) is 68.5 cm³/mol. The van der Waals surface area contributed by atoms with E-state index in [1.165, 1.54) is 4.88 Å². The lowest BCUT2D eigenvalue weighted by Crippen LogP contribution is -2.31. The molecule has 0 aliphatic heterocycles. The molecule has 16 heavy (non-hydrogen) atoms. The second kappa shape index (κ2) is 7.41. The van der Waals surface area contributed by atoms with Crippen LogP contribution in [0.2, 0.25) is 0 Å². The maximum Gasteiger partial charge on any atom is 0.222 e. The number of hydrogen-bond donors (Lipinski definition) is 2. The van der Waals surface area contributed by atoms with E-state index < -0.39 is 0 Å². The molecule has 1 aromatic heterocycles. The van der Waals surface area contributed by atoms with Crippen LogP contribution in [0.1, 0.15) is 24.6 Å². The number of hydrogen-bond acceptors (Lipinski definition) is 3. The molecule has 1 amide bonds. The Kier molecular flexibility index (Phi) is 6.11. The lowest BCUT2D eigenvalue weighted by Gasteiger charge is -2.10. The fourth-order valence-electron chi connectivity index (χ4n) is 1.49. The molecule has 90 valence electrons. The van der Waals surface area contributed by atoms with Crippen molar-refractivity contribution in [3.8, 4) is 0 Å². The van der Waals surface area contributed by atoms with Crippen LogP contribution in [0.4, 0.5) is 0 Å². The molecule has 0 fully saturated rings. The van der Waals surface area contributed by atoms with Crippen molar-refractivity contribution < 1.29 is 4.79 Å². The average molecular weight is 240 g/mol. The van der Waals surface area contributed by atoms with Crippen molar-refractivity contribution in [1.29, 1.82) is 0 Å². The van der Waals surface area contributed by atoms with E-state index in [9.17, 15) is 4.79 Å². The zero-order chi connectivity index (χ0) is 11.8. The highest BCUT2D eigenvalue weighted by Crippen LogP contribution is 2.09. The van der Waals surface area contributed by atoms with Gasteiger partial charge in [0, 0.05) is 17.3 Å². The summed E-state index contributed by atoms with van der Waals surface area (Å²) >= 11 is 1.73. The van der Waals surface area contributed by atoms with Crippen LogP contribution in [0.5, 0.6) is 0 Å². The summed E-state index contributed by atoms with van der Waals surface area (Å²) in [6.07, 6.45) is 2.72. The summed E-state index contributed by atoms with van der Waals surface area (Å²) in [5.74, 6) is 0.219. The van der Waals surface area contributed by atoms with E-state index in [-0.39, 0.29) is 11.8 Å². The SMILES string of the molecule is CC(CCCN)C(=O)NCCc1cccs1. The summed E-state index contributed by atoms with van der Waals surface area (Å²) in [4.78, 5) is 12.9. The Balaban J connectivity index is 2.14. The molecule has 1 rings (SSSR count). The van der Waals surface area contributed by atoms with E-state index in [4.69, 9.17) is 5.73 Å². The first kappa shape index (κ1) is 13.2. The van der Waals surface area contributed by atoms with E-state index in [1.807, 2.05) is 13.0 Å². The Hall–Kier alpha value is -0.870. The van der Waals surface area contributed by atoms with E-state index >= 15 is 0 Å². The van der Waals surface area contributed by atoms with Gasteiger partial charge >= 0.3 is 0 Å². The van der Waals surface area contributed by atoms with Crippen LogP contribution in [0.3, 0.4) is 0 Å². The molecule has 0 bridgehead atoms. The second-order valence-electron chi connectivity index (χ2n) is 3.95. The highest BCUT2D eigenvalue weighted by molar-refractivity contribution is 7.09. The van der Waals surface area contributed by atoms with Gasteiger partial charge in [0.15, 0.2) is 0 Å². The van der Waals surface area contributed by atoms with Crippen LogP contribution in [-0.4, -0.2) is 19.0 Å². The van der Waals surface area contributed by atoms with Crippen LogP contribution in [-0.2, 0) is 11.2 Å². The van der Waals surface area contributed by atoms with Crippen LogP contribution >= 0.6 is 11.3 Å². The van der Waals surface area contributed by atoms with Gasteiger partial charge < -0.3 is 11.1 Å². The molecule has 0 spiro atoms. The van der Waals surface area contributed by atoms with Crippen molar-refractivity contribution in [1.82, 2.24) is 5.32 Å². The Bertz CT molecular complexity index is 298. The van der Waals surface area contributed by atoms with Crippen molar-refractivity contribution in [2.45, 2.75) is 26.2 Å².